The molecule has 2 heterocycles. The highest BCUT2D eigenvalue weighted by atomic mass is 16.5. The van der Waals surface area contributed by atoms with Crippen LogP contribution in [0.15, 0.2) is 54.6 Å². The minimum Gasteiger partial charge on any atom is -0.369 e. The van der Waals surface area contributed by atoms with Crippen LogP contribution in [0.25, 0.3) is 0 Å². The molecule has 0 bridgehead atoms. The van der Waals surface area contributed by atoms with Crippen LogP contribution in [0.3, 0.4) is 0 Å². The summed E-state index contributed by atoms with van der Waals surface area (Å²) in [6.45, 7) is 1.02. The van der Waals surface area contributed by atoms with Gasteiger partial charge >= 0.3 is 0 Å². The minimum atomic E-state index is -0.325. The Hall–Kier alpha value is -1.84. The molecule has 1 fully saturated rings. The fourth-order valence-electron chi connectivity index (χ4n) is 4.77. The number of para-hydroxylation sites is 1. The third-order valence-electron chi connectivity index (χ3n) is 5.63. The molecular weight excluding hydrogens is 272 g/mol. The zero-order chi connectivity index (χ0) is 15.4. The number of rotatable bonds is 2. The summed E-state index contributed by atoms with van der Waals surface area (Å²) in [5, 5.41) is 0. The van der Waals surface area contributed by atoms with Gasteiger partial charge in [0.05, 0.1) is 0 Å². The van der Waals surface area contributed by atoms with E-state index in [1.54, 1.807) is 0 Å². The fourth-order valence-corrected chi connectivity index (χ4v) is 4.77. The number of hydrogen-bond donors (Lipinski definition) is 0. The number of ether oxygens (including phenoxy) is 1. The first-order chi connectivity index (χ1) is 10.7. The first-order valence-corrected chi connectivity index (χ1v) is 7.84. The highest BCUT2D eigenvalue weighted by Gasteiger charge is 2.67. The van der Waals surface area contributed by atoms with E-state index in [9.17, 15) is 0 Å². The molecule has 0 aromatic heterocycles. The fraction of sp³-hybridized carbons (Fsp3) is 0.368. The molecule has 114 valence electrons. The van der Waals surface area contributed by atoms with E-state index >= 15 is 0 Å². The molecule has 0 spiro atoms. The Morgan fingerprint density at radius 3 is 2.36 bits per heavy atom. The lowest BCUT2D eigenvalue weighted by atomic mass is 9.80. The van der Waals surface area contributed by atoms with E-state index in [2.05, 4.69) is 78.5 Å². The number of benzene rings is 2. The van der Waals surface area contributed by atoms with Crippen molar-refractivity contribution in [1.29, 1.82) is 0 Å². The molecule has 2 aromatic carbocycles. The van der Waals surface area contributed by atoms with Crippen molar-refractivity contribution in [2.24, 2.45) is 0 Å². The summed E-state index contributed by atoms with van der Waals surface area (Å²) in [6.07, 6.45) is 0.996. The lowest BCUT2D eigenvalue weighted by Crippen LogP contribution is -2.59. The Kier molecular flexibility index (Phi) is 2.87. The quantitative estimate of drug-likeness (QED) is 0.846. The summed E-state index contributed by atoms with van der Waals surface area (Å²) >= 11 is 0. The highest BCUT2D eigenvalue weighted by Crippen LogP contribution is 2.62. The summed E-state index contributed by atoms with van der Waals surface area (Å²) in [4.78, 5) is 4.83. The third-order valence-corrected chi connectivity index (χ3v) is 5.63. The van der Waals surface area contributed by atoms with Gasteiger partial charge in [0.2, 0.25) is 0 Å². The number of hydrogen-bond acceptors (Lipinski definition) is 3. The maximum Gasteiger partial charge on any atom is 0.153 e. The van der Waals surface area contributed by atoms with Crippen molar-refractivity contribution in [3.8, 4) is 0 Å². The summed E-state index contributed by atoms with van der Waals surface area (Å²) in [5.41, 5.74) is 3.24. The summed E-state index contributed by atoms with van der Waals surface area (Å²) < 4.78 is 6.26. The lowest BCUT2D eigenvalue weighted by molar-refractivity contribution is -0.0862. The minimum absolute atomic E-state index is 0.285. The van der Waals surface area contributed by atoms with E-state index in [0.717, 1.165) is 13.0 Å². The third kappa shape index (κ3) is 1.34. The average Bonchev–Trinajstić information content (AvgIpc) is 3.00. The maximum absolute atomic E-state index is 6.26. The molecule has 0 unspecified atom stereocenters. The van der Waals surface area contributed by atoms with Gasteiger partial charge in [-0.2, -0.15) is 0 Å². The Morgan fingerprint density at radius 1 is 0.955 bits per heavy atom. The van der Waals surface area contributed by atoms with Crippen LogP contribution in [-0.2, 0) is 16.0 Å². The van der Waals surface area contributed by atoms with E-state index in [0.29, 0.717) is 0 Å². The number of anilines is 1. The normalized spacial score (nSPS) is 30.4. The van der Waals surface area contributed by atoms with E-state index in [-0.39, 0.29) is 11.3 Å². The molecule has 3 heteroatoms. The first kappa shape index (κ1) is 13.8. The molecule has 4 rings (SSSR count). The second-order valence-corrected chi connectivity index (χ2v) is 6.32. The van der Waals surface area contributed by atoms with Crippen molar-refractivity contribution in [1.82, 2.24) is 4.90 Å². The summed E-state index contributed by atoms with van der Waals surface area (Å²) in [5.74, 6) is 0. The molecule has 22 heavy (non-hydrogen) atoms. The number of likely N-dealkylation sites (tertiary alicyclic amines) is 1. The second kappa shape index (κ2) is 4.58. The smallest absolute Gasteiger partial charge is 0.153 e. The Bertz CT molecular complexity index is 702. The number of methoxy groups -OCH3 is 1. The first-order valence-electron chi connectivity index (χ1n) is 7.84. The molecule has 2 aliphatic heterocycles. The lowest BCUT2D eigenvalue weighted by Gasteiger charge is -2.48. The SMILES string of the molecule is CO[C@]12CCN(C)[C@@]1(c1ccccc1)N(C)c1ccccc12. The van der Waals surface area contributed by atoms with Crippen LogP contribution in [0, 0.1) is 0 Å². The van der Waals surface area contributed by atoms with Crippen LogP contribution in [0.4, 0.5) is 5.69 Å². The van der Waals surface area contributed by atoms with Gasteiger partial charge in [-0.3, -0.25) is 4.90 Å². The van der Waals surface area contributed by atoms with E-state index in [1.165, 1.54) is 16.8 Å². The largest absolute Gasteiger partial charge is 0.369 e. The van der Waals surface area contributed by atoms with Crippen LogP contribution in [-0.4, -0.2) is 32.6 Å². The van der Waals surface area contributed by atoms with Gasteiger partial charge in [0, 0.05) is 32.0 Å². The van der Waals surface area contributed by atoms with Crippen molar-refractivity contribution in [2.75, 3.05) is 32.6 Å². The molecule has 0 amide bonds. The Labute approximate surface area is 132 Å². The van der Waals surface area contributed by atoms with E-state index < -0.39 is 0 Å². The highest BCUT2D eigenvalue weighted by molar-refractivity contribution is 5.67. The van der Waals surface area contributed by atoms with Crippen molar-refractivity contribution in [3.63, 3.8) is 0 Å². The predicted octanol–water partition coefficient (Wildman–Crippen LogP) is 3.17. The number of nitrogens with zero attached hydrogens (tertiary/aromatic N) is 2. The van der Waals surface area contributed by atoms with Gasteiger partial charge in [-0.25, -0.2) is 0 Å². The second-order valence-electron chi connectivity index (χ2n) is 6.32. The molecule has 3 nitrogen and oxygen atoms in total. The zero-order valence-corrected chi connectivity index (χ0v) is 13.4. The summed E-state index contributed by atoms with van der Waals surface area (Å²) in [7, 11) is 6.25. The summed E-state index contributed by atoms with van der Waals surface area (Å²) in [6, 6.07) is 19.4. The van der Waals surface area contributed by atoms with Crippen molar-refractivity contribution < 1.29 is 4.74 Å². The van der Waals surface area contributed by atoms with Gasteiger partial charge in [0.1, 0.15) is 5.60 Å². The Morgan fingerprint density at radius 2 is 1.64 bits per heavy atom. The van der Waals surface area contributed by atoms with Gasteiger partial charge in [-0.15, -0.1) is 0 Å². The van der Waals surface area contributed by atoms with Gasteiger partial charge < -0.3 is 9.64 Å². The van der Waals surface area contributed by atoms with Gasteiger partial charge in [-0.05, 0) is 25.1 Å². The molecule has 2 aliphatic rings. The Balaban J connectivity index is 2.06. The molecule has 1 saturated heterocycles. The molecule has 0 radical (unpaired) electrons. The van der Waals surface area contributed by atoms with Crippen molar-refractivity contribution in [2.45, 2.75) is 17.7 Å². The van der Waals surface area contributed by atoms with E-state index in [1.807, 2.05) is 7.11 Å². The molecule has 2 aromatic rings. The van der Waals surface area contributed by atoms with Gasteiger partial charge in [0.25, 0.3) is 0 Å². The van der Waals surface area contributed by atoms with Crippen LogP contribution in [0.5, 0.6) is 0 Å². The average molecular weight is 294 g/mol. The van der Waals surface area contributed by atoms with Crippen LogP contribution >= 0.6 is 0 Å². The van der Waals surface area contributed by atoms with Crippen molar-refractivity contribution in [3.05, 3.63) is 65.7 Å². The zero-order valence-electron chi connectivity index (χ0n) is 13.4. The van der Waals surface area contributed by atoms with Gasteiger partial charge in [-0.1, -0.05) is 48.5 Å². The maximum atomic E-state index is 6.26. The molecular formula is C19H22N2O. The number of likely N-dealkylation sites (N-methyl/N-ethyl adjacent to an activating group) is 2. The molecule has 0 saturated carbocycles. The molecule has 0 N–H and O–H groups in total. The van der Waals surface area contributed by atoms with Crippen LogP contribution in [0.2, 0.25) is 0 Å². The van der Waals surface area contributed by atoms with Crippen LogP contribution < -0.4 is 4.90 Å². The predicted molar refractivity (Wildman–Crippen MR) is 88.9 cm³/mol. The molecule has 2 atom stereocenters. The standard InChI is InChI=1S/C19H22N2O/c1-20-14-13-18(22-3)16-11-7-8-12-17(16)21(2)19(18,20)15-9-5-4-6-10-15/h4-12H,13-14H2,1-3H3/t18-,19-/m0/s1. The van der Waals surface area contributed by atoms with Gasteiger partial charge in [0.15, 0.2) is 5.66 Å². The van der Waals surface area contributed by atoms with E-state index in [4.69, 9.17) is 4.74 Å². The topological polar surface area (TPSA) is 15.7 Å². The molecule has 0 aliphatic carbocycles. The monoisotopic (exact) mass is 294 g/mol. The van der Waals surface area contributed by atoms with Crippen molar-refractivity contribution >= 4 is 5.69 Å². The van der Waals surface area contributed by atoms with Crippen LogP contribution in [0.1, 0.15) is 17.5 Å². The number of fused-ring (bicyclic) bond motifs is 3.